The molecule has 92 valence electrons. The van der Waals surface area contributed by atoms with E-state index >= 15 is 0 Å². The van der Waals surface area contributed by atoms with E-state index in [-0.39, 0.29) is 11.9 Å². The minimum absolute atomic E-state index is 0.0262. The summed E-state index contributed by atoms with van der Waals surface area (Å²) >= 11 is 0. The minimum Gasteiger partial charge on any atom is -0.357 e. The molecule has 0 saturated carbocycles. The van der Waals surface area contributed by atoms with Gasteiger partial charge in [0.25, 0.3) is 5.91 Å². The van der Waals surface area contributed by atoms with Crippen LogP contribution in [0.1, 0.15) is 40.5 Å². The number of carbonyl (C=O) groups excluding carboxylic acids is 1. The van der Waals surface area contributed by atoms with Gasteiger partial charge in [-0.15, -0.1) is 0 Å². The lowest BCUT2D eigenvalue weighted by atomic mass is 9.88. The van der Waals surface area contributed by atoms with Gasteiger partial charge < -0.3 is 10.3 Å². The van der Waals surface area contributed by atoms with Crippen LogP contribution >= 0.6 is 0 Å². The van der Waals surface area contributed by atoms with Crippen LogP contribution in [0, 0.1) is 0 Å². The van der Waals surface area contributed by atoms with Gasteiger partial charge in [-0.1, -0.05) is 24.3 Å². The molecule has 1 aliphatic carbocycles. The number of fused-ring (bicyclic) bond motifs is 1. The smallest absolute Gasteiger partial charge is 0.268 e. The Hall–Kier alpha value is -2.03. The zero-order valence-electron chi connectivity index (χ0n) is 10.1. The molecule has 0 saturated heterocycles. The minimum atomic E-state index is -0.0262. The van der Waals surface area contributed by atoms with Crippen LogP contribution < -0.4 is 5.32 Å². The standard InChI is InChI=1S/C15H16N2O/c18-15(14-9-4-10-16-14)17-13-8-3-6-11-5-1-2-7-12(11)13/h1-2,4-5,7,9-10,13,16H,3,6,8H2,(H,17,18). The molecule has 2 N–H and O–H groups in total. The van der Waals surface area contributed by atoms with Crippen molar-refractivity contribution in [3.05, 3.63) is 59.4 Å². The largest absolute Gasteiger partial charge is 0.357 e. The monoisotopic (exact) mass is 240 g/mol. The molecule has 18 heavy (non-hydrogen) atoms. The molecule has 2 aromatic rings. The van der Waals surface area contributed by atoms with Crippen molar-refractivity contribution in [3.8, 4) is 0 Å². The number of H-pyrrole nitrogens is 1. The van der Waals surface area contributed by atoms with E-state index in [1.807, 2.05) is 12.1 Å². The van der Waals surface area contributed by atoms with Gasteiger partial charge in [-0.2, -0.15) is 0 Å². The van der Waals surface area contributed by atoms with Crippen molar-refractivity contribution >= 4 is 5.91 Å². The van der Waals surface area contributed by atoms with E-state index in [0.717, 1.165) is 19.3 Å². The van der Waals surface area contributed by atoms with Gasteiger partial charge in [-0.3, -0.25) is 4.79 Å². The van der Waals surface area contributed by atoms with E-state index in [4.69, 9.17) is 0 Å². The van der Waals surface area contributed by atoms with Gasteiger partial charge in [0.2, 0.25) is 0 Å². The predicted octanol–water partition coefficient (Wildman–Crippen LogP) is 2.82. The molecule has 1 heterocycles. The molecule has 0 bridgehead atoms. The first-order valence-electron chi connectivity index (χ1n) is 6.36. The quantitative estimate of drug-likeness (QED) is 0.833. The SMILES string of the molecule is O=C(NC1CCCc2ccccc21)c1ccc[nH]1. The Morgan fingerprint density at radius 1 is 1.22 bits per heavy atom. The van der Waals surface area contributed by atoms with E-state index in [9.17, 15) is 4.79 Å². The lowest BCUT2D eigenvalue weighted by Gasteiger charge is -2.26. The topological polar surface area (TPSA) is 44.9 Å². The third kappa shape index (κ3) is 2.04. The van der Waals surface area contributed by atoms with Gasteiger partial charge in [0.05, 0.1) is 6.04 Å². The normalized spacial score (nSPS) is 18.1. The predicted molar refractivity (Wildman–Crippen MR) is 70.4 cm³/mol. The first kappa shape index (κ1) is 11.1. The molecule has 3 nitrogen and oxygen atoms in total. The van der Waals surface area contributed by atoms with Crippen molar-refractivity contribution < 1.29 is 4.79 Å². The second kappa shape index (κ2) is 4.69. The van der Waals surface area contributed by atoms with Crippen LogP contribution in [0.3, 0.4) is 0 Å². The number of rotatable bonds is 2. The summed E-state index contributed by atoms with van der Waals surface area (Å²) in [5.74, 6) is -0.0262. The first-order chi connectivity index (χ1) is 8.84. The Morgan fingerprint density at radius 3 is 2.94 bits per heavy atom. The highest BCUT2D eigenvalue weighted by molar-refractivity contribution is 5.92. The summed E-state index contributed by atoms with van der Waals surface area (Å²) in [7, 11) is 0. The molecular weight excluding hydrogens is 224 g/mol. The van der Waals surface area contributed by atoms with Crippen LogP contribution in [0.4, 0.5) is 0 Å². The van der Waals surface area contributed by atoms with Crippen LogP contribution in [0.2, 0.25) is 0 Å². The number of benzene rings is 1. The number of carbonyl (C=O) groups is 1. The molecule has 1 unspecified atom stereocenters. The van der Waals surface area contributed by atoms with Crippen LogP contribution in [-0.2, 0) is 6.42 Å². The molecule has 3 rings (SSSR count). The van der Waals surface area contributed by atoms with Crippen LogP contribution in [0.25, 0.3) is 0 Å². The maximum atomic E-state index is 12.0. The number of nitrogens with one attached hydrogen (secondary N) is 2. The fraction of sp³-hybridized carbons (Fsp3) is 0.267. The van der Waals surface area contributed by atoms with E-state index in [2.05, 4.69) is 28.5 Å². The average Bonchev–Trinajstić information content (AvgIpc) is 2.93. The molecule has 3 heteroatoms. The Labute approximate surface area is 106 Å². The number of hydrogen-bond acceptors (Lipinski definition) is 1. The zero-order valence-corrected chi connectivity index (χ0v) is 10.1. The fourth-order valence-electron chi connectivity index (χ4n) is 2.61. The summed E-state index contributed by atoms with van der Waals surface area (Å²) in [6.07, 6.45) is 5.03. The maximum Gasteiger partial charge on any atom is 0.268 e. The molecule has 1 atom stereocenters. The Bertz CT molecular complexity index is 545. The fourth-order valence-corrected chi connectivity index (χ4v) is 2.61. The van der Waals surface area contributed by atoms with Gasteiger partial charge in [-0.05, 0) is 42.5 Å². The van der Waals surface area contributed by atoms with Gasteiger partial charge >= 0.3 is 0 Å². The lowest BCUT2D eigenvalue weighted by Crippen LogP contribution is -2.31. The molecule has 0 radical (unpaired) electrons. The number of aryl methyl sites for hydroxylation is 1. The molecule has 1 amide bonds. The summed E-state index contributed by atoms with van der Waals surface area (Å²) in [5, 5.41) is 3.11. The number of amides is 1. The molecule has 0 fully saturated rings. The number of aromatic nitrogens is 1. The molecule has 0 aliphatic heterocycles. The van der Waals surface area contributed by atoms with E-state index in [0.29, 0.717) is 5.69 Å². The maximum absolute atomic E-state index is 12.0. The summed E-state index contributed by atoms with van der Waals surface area (Å²) in [4.78, 5) is 15.0. The Balaban J connectivity index is 1.80. The second-order valence-electron chi connectivity index (χ2n) is 4.70. The third-order valence-corrected chi connectivity index (χ3v) is 3.52. The first-order valence-corrected chi connectivity index (χ1v) is 6.36. The van der Waals surface area contributed by atoms with Crippen molar-refractivity contribution in [2.75, 3.05) is 0 Å². The molecule has 1 aromatic carbocycles. The van der Waals surface area contributed by atoms with Gasteiger partial charge in [0, 0.05) is 6.20 Å². The number of aromatic amines is 1. The van der Waals surface area contributed by atoms with Crippen molar-refractivity contribution in [1.82, 2.24) is 10.3 Å². The van der Waals surface area contributed by atoms with Crippen molar-refractivity contribution in [2.24, 2.45) is 0 Å². The molecule has 0 spiro atoms. The van der Waals surface area contributed by atoms with Gasteiger partial charge in [0.1, 0.15) is 5.69 Å². The number of hydrogen-bond donors (Lipinski definition) is 2. The third-order valence-electron chi connectivity index (χ3n) is 3.52. The molecule has 1 aromatic heterocycles. The average molecular weight is 240 g/mol. The van der Waals surface area contributed by atoms with E-state index in [1.54, 1.807) is 12.3 Å². The van der Waals surface area contributed by atoms with Crippen molar-refractivity contribution in [2.45, 2.75) is 25.3 Å². The van der Waals surface area contributed by atoms with Gasteiger partial charge in [0.15, 0.2) is 0 Å². The van der Waals surface area contributed by atoms with E-state index in [1.165, 1.54) is 11.1 Å². The van der Waals surface area contributed by atoms with Crippen LogP contribution in [-0.4, -0.2) is 10.9 Å². The van der Waals surface area contributed by atoms with E-state index < -0.39 is 0 Å². The highest BCUT2D eigenvalue weighted by atomic mass is 16.1. The lowest BCUT2D eigenvalue weighted by molar-refractivity contribution is 0.0928. The summed E-state index contributed by atoms with van der Waals surface area (Å²) in [6.45, 7) is 0. The zero-order chi connectivity index (χ0) is 12.4. The molecule has 1 aliphatic rings. The van der Waals surface area contributed by atoms with Crippen molar-refractivity contribution in [1.29, 1.82) is 0 Å². The Kier molecular flexibility index (Phi) is 2.89. The summed E-state index contributed by atoms with van der Waals surface area (Å²) in [5.41, 5.74) is 3.25. The summed E-state index contributed by atoms with van der Waals surface area (Å²) < 4.78 is 0. The van der Waals surface area contributed by atoms with Crippen LogP contribution in [0.5, 0.6) is 0 Å². The van der Waals surface area contributed by atoms with Crippen molar-refractivity contribution in [3.63, 3.8) is 0 Å². The second-order valence-corrected chi connectivity index (χ2v) is 4.70. The highest BCUT2D eigenvalue weighted by Gasteiger charge is 2.21. The van der Waals surface area contributed by atoms with Gasteiger partial charge in [-0.25, -0.2) is 0 Å². The Morgan fingerprint density at radius 2 is 2.11 bits per heavy atom. The molecular formula is C15H16N2O. The van der Waals surface area contributed by atoms with Crippen LogP contribution in [0.15, 0.2) is 42.6 Å². The highest BCUT2D eigenvalue weighted by Crippen LogP contribution is 2.29. The summed E-state index contributed by atoms with van der Waals surface area (Å²) in [6, 6.07) is 12.2.